The van der Waals surface area contributed by atoms with Crippen LogP contribution >= 0.6 is 0 Å². The summed E-state index contributed by atoms with van der Waals surface area (Å²) in [6.45, 7) is 0.295. The van der Waals surface area contributed by atoms with E-state index in [0.29, 0.717) is 5.69 Å². The fraction of sp³-hybridized carbons (Fsp3) is 0.250. The maximum Gasteiger partial charge on any atom is 0.573 e. The molecule has 0 spiro atoms. The Labute approximate surface area is 216 Å². The number of benzene rings is 2. The van der Waals surface area contributed by atoms with Gasteiger partial charge < -0.3 is 15.4 Å². The van der Waals surface area contributed by atoms with Crippen molar-refractivity contribution in [2.75, 3.05) is 41.8 Å². The average Bonchev–Trinajstić information content (AvgIpc) is 2.86. The molecule has 2 heterocycles. The molecule has 1 aliphatic heterocycles. The van der Waals surface area contributed by atoms with Crippen LogP contribution in [0.4, 0.5) is 24.7 Å². The van der Waals surface area contributed by atoms with E-state index in [2.05, 4.69) is 25.6 Å². The van der Waals surface area contributed by atoms with Crippen LogP contribution < -0.4 is 15.4 Å². The van der Waals surface area contributed by atoms with E-state index in [1.165, 1.54) is 6.07 Å². The van der Waals surface area contributed by atoms with Gasteiger partial charge in [0, 0.05) is 45.5 Å². The van der Waals surface area contributed by atoms with Crippen molar-refractivity contribution in [3.63, 3.8) is 0 Å². The Morgan fingerprint density at radius 1 is 1.00 bits per heavy atom. The summed E-state index contributed by atoms with van der Waals surface area (Å²) in [5, 5.41) is 12.9. The first-order chi connectivity index (χ1) is 18.0. The molecule has 200 valence electrons. The number of halogens is 3. The number of carbonyl (C=O) groups excluding carboxylic acids is 2. The lowest BCUT2D eigenvalue weighted by atomic mass is 10.1. The highest BCUT2D eigenvalue weighted by Crippen LogP contribution is 2.31. The number of nitrogens with one attached hydrogen (secondary N) is 3. The van der Waals surface area contributed by atoms with E-state index in [9.17, 15) is 27.0 Å². The molecule has 1 aromatic heterocycles. The summed E-state index contributed by atoms with van der Waals surface area (Å²) >= 11 is 0. The monoisotopic (exact) mass is 548 g/mol. The lowest BCUT2D eigenvalue weighted by Gasteiger charge is -2.27. The number of rotatable bonds is 7. The summed E-state index contributed by atoms with van der Waals surface area (Å²) in [4.78, 5) is 27.0. The summed E-state index contributed by atoms with van der Waals surface area (Å²) in [5.74, 6) is -1.71. The molecule has 0 bridgehead atoms. The zero-order valence-electron chi connectivity index (χ0n) is 19.8. The second kappa shape index (κ2) is 11.1. The average molecular weight is 549 g/mol. The molecular weight excluding hydrogens is 525 g/mol. The molecule has 10 nitrogen and oxygen atoms in total. The Balaban J connectivity index is 1.47. The van der Waals surface area contributed by atoms with Crippen LogP contribution in [0.15, 0.2) is 60.7 Å². The van der Waals surface area contributed by atoms with E-state index in [-0.39, 0.29) is 48.2 Å². The van der Waals surface area contributed by atoms with Gasteiger partial charge in [-0.1, -0.05) is 30.3 Å². The van der Waals surface area contributed by atoms with Crippen LogP contribution in [-0.2, 0) is 14.5 Å². The van der Waals surface area contributed by atoms with Crippen molar-refractivity contribution in [1.82, 2.24) is 15.1 Å². The highest BCUT2D eigenvalue weighted by Gasteiger charge is 2.33. The third-order valence-electron chi connectivity index (χ3n) is 5.56. The topological polar surface area (TPSA) is 137 Å². The van der Waals surface area contributed by atoms with Crippen molar-refractivity contribution in [2.24, 2.45) is 0 Å². The highest BCUT2D eigenvalue weighted by atomic mass is 32.2. The number of ether oxygens (including phenoxy) is 1. The predicted molar refractivity (Wildman–Crippen MR) is 134 cm³/mol. The molecule has 2 amide bonds. The lowest BCUT2D eigenvalue weighted by molar-refractivity contribution is -0.274. The molecule has 14 heteroatoms. The maximum absolute atomic E-state index is 12.9. The van der Waals surface area contributed by atoms with Gasteiger partial charge in [0.1, 0.15) is 0 Å². The van der Waals surface area contributed by atoms with Gasteiger partial charge in [-0.2, -0.15) is 0 Å². The third-order valence-corrected chi connectivity index (χ3v) is 7.24. The Hall–Kier alpha value is -4.04. The van der Waals surface area contributed by atoms with Crippen LogP contribution in [-0.4, -0.2) is 68.6 Å². The standard InChI is InChI=1S/C24H23F3N6O4S/c25-24(26,27)37-20-8-6-17(14-19(20)29-22(34)15-33-10-12-38(28,36)13-11-33)23(35)30-21-9-7-18(31-32-21)16-4-2-1-3-5-16/h1-9,14,28H,10-13,15H2,(H,29,34)(H,30,32,35). The van der Waals surface area contributed by atoms with Crippen molar-refractivity contribution >= 4 is 33.0 Å². The minimum Gasteiger partial charge on any atom is -0.404 e. The number of aromatic nitrogens is 2. The number of nitrogens with zero attached hydrogens (tertiary/aromatic N) is 3. The molecule has 0 atom stereocenters. The smallest absolute Gasteiger partial charge is 0.404 e. The number of anilines is 2. The van der Waals surface area contributed by atoms with Gasteiger partial charge in [0.2, 0.25) is 5.91 Å². The van der Waals surface area contributed by atoms with E-state index < -0.39 is 33.7 Å². The molecule has 3 N–H and O–H groups in total. The first-order valence-electron chi connectivity index (χ1n) is 11.3. The van der Waals surface area contributed by atoms with Crippen molar-refractivity contribution < 1.29 is 31.7 Å². The Morgan fingerprint density at radius 2 is 1.71 bits per heavy atom. The highest BCUT2D eigenvalue weighted by molar-refractivity contribution is 7.92. The molecule has 1 fully saturated rings. The van der Waals surface area contributed by atoms with E-state index in [0.717, 1.165) is 23.8 Å². The number of alkyl halides is 3. The summed E-state index contributed by atoms with van der Waals surface area (Å²) < 4.78 is 62.2. The molecule has 0 aliphatic carbocycles. The Kier molecular flexibility index (Phi) is 7.92. The molecule has 0 radical (unpaired) electrons. The van der Waals surface area contributed by atoms with Gasteiger partial charge in [-0.05, 0) is 30.3 Å². The summed E-state index contributed by atoms with van der Waals surface area (Å²) in [6.07, 6.45) is -5.03. The number of hydrogen-bond acceptors (Lipinski definition) is 8. The zero-order chi connectivity index (χ0) is 27.3. The third kappa shape index (κ3) is 7.49. The molecule has 3 aromatic rings. The number of hydrogen-bond donors (Lipinski definition) is 3. The molecule has 4 rings (SSSR count). The lowest BCUT2D eigenvalue weighted by Crippen LogP contribution is -2.43. The summed E-state index contributed by atoms with van der Waals surface area (Å²) in [6, 6.07) is 15.5. The van der Waals surface area contributed by atoms with Gasteiger partial charge in [0.15, 0.2) is 11.6 Å². The van der Waals surface area contributed by atoms with E-state index in [4.69, 9.17) is 4.78 Å². The van der Waals surface area contributed by atoms with Crippen LogP contribution in [0.2, 0.25) is 0 Å². The van der Waals surface area contributed by atoms with Crippen LogP contribution in [0, 0.1) is 4.78 Å². The Morgan fingerprint density at radius 3 is 2.34 bits per heavy atom. The SMILES string of the molecule is N=S1(=O)CCN(CC(=O)Nc2cc(C(=O)Nc3ccc(-c4ccccc4)nn3)ccc2OC(F)(F)F)CC1. The van der Waals surface area contributed by atoms with Gasteiger partial charge in [0.25, 0.3) is 5.91 Å². The largest absolute Gasteiger partial charge is 0.573 e. The van der Waals surface area contributed by atoms with Gasteiger partial charge >= 0.3 is 6.36 Å². The molecule has 2 aromatic carbocycles. The van der Waals surface area contributed by atoms with E-state index in [1.807, 2.05) is 30.3 Å². The fourth-order valence-corrected chi connectivity index (χ4v) is 4.96. The van der Waals surface area contributed by atoms with E-state index in [1.54, 1.807) is 11.0 Å². The minimum absolute atomic E-state index is 0.0596. The van der Waals surface area contributed by atoms with Crippen molar-refractivity contribution in [1.29, 1.82) is 4.78 Å². The maximum atomic E-state index is 12.9. The quantitative estimate of drug-likeness (QED) is 0.410. The molecule has 0 unspecified atom stereocenters. The van der Waals surface area contributed by atoms with Crippen molar-refractivity contribution in [3.8, 4) is 17.0 Å². The first-order valence-corrected chi connectivity index (χ1v) is 13.2. The molecule has 0 saturated carbocycles. The molecule has 1 aliphatic rings. The normalized spacial score (nSPS) is 15.4. The number of amides is 2. The second-order valence-corrected chi connectivity index (χ2v) is 10.9. The van der Waals surface area contributed by atoms with Crippen LogP contribution in [0.3, 0.4) is 0 Å². The second-order valence-electron chi connectivity index (χ2n) is 8.43. The molecular formula is C24H23F3N6O4S. The fourth-order valence-electron chi connectivity index (χ4n) is 3.65. The minimum atomic E-state index is -5.03. The van der Waals surface area contributed by atoms with Gasteiger partial charge in [-0.15, -0.1) is 23.4 Å². The predicted octanol–water partition coefficient (Wildman–Crippen LogP) is 3.60. The van der Waals surface area contributed by atoms with E-state index >= 15 is 0 Å². The zero-order valence-corrected chi connectivity index (χ0v) is 20.6. The van der Waals surface area contributed by atoms with Gasteiger partial charge in [-0.25, -0.2) is 4.21 Å². The number of carbonyl (C=O) groups is 2. The van der Waals surface area contributed by atoms with Crippen LogP contribution in [0.25, 0.3) is 11.3 Å². The van der Waals surface area contributed by atoms with Gasteiger partial charge in [0.05, 0.1) is 17.9 Å². The first kappa shape index (κ1) is 27.0. The van der Waals surface area contributed by atoms with Crippen LogP contribution in [0.5, 0.6) is 5.75 Å². The van der Waals surface area contributed by atoms with Gasteiger partial charge in [-0.3, -0.25) is 19.3 Å². The molecule has 38 heavy (non-hydrogen) atoms. The Bertz CT molecular complexity index is 1400. The summed E-state index contributed by atoms with van der Waals surface area (Å²) in [7, 11) is -2.67. The molecule has 1 saturated heterocycles. The summed E-state index contributed by atoms with van der Waals surface area (Å²) in [5.41, 5.74) is 1.000. The van der Waals surface area contributed by atoms with Crippen molar-refractivity contribution in [3.05, 3.63) is 66.2 Å². The van der Waals surface area contributed by atoms with Crippen molar-refractivity contribution in [2.45, 2.75) is 6.36 Å². The van der Waals surface area contributed by atoms with Crippen LogP contribution in [0.1, 0.15) is 10.4 Å².